The Morgan fingerprint density at radius 1 is 1.34 bits per heavy atom. The van der Waals surface area contributed by atoms with Gasteiger partial charge in [-0.05, 0) is 37.1 Å². The number of amides is 2. The van der Waals surface area contributed by atoms with Crippen LogP contribution in [0.5, 0.6) is 0 Å². The highest BCUT2D eigenvalue weighted by molar-refractivity contribution is 7.93. The highest BCUT2D eigenvalue weighted by Gasteiger charge is 2.34. The van der Waals surface area contributed by atoms with Gasteiger partial charge in [-0.15, -0.1) is 4.36 Å². The largest absolute Gasteiger partial charge is 0.463 e. The summed E-state index contributed by atoms with van der Waals surface area (Å²) in [5.74, 6) is -3.46. The van der Waals surface area contributed by atoms with Crippen molar-refractivity contribution in [1.29, 1.82) is 5.26 Å². The number of pyridine rings is 1. The zero-order chi connectivity index (χ0) is 26.0. The van der Waals surface area contributed by atoms with E-state index in [1.165, 1.54) is 31.2 Å². The van der Waals surface area contributed by atoms with E-state index in [-0.39, 0.29) is 64.2 Å². The molecule has 2 heterocycles. The van der Waals surface area contributed by atoms with Crippen molar-refractivity contribution in [2.24, 2.45) is 4.36 Å². The lowest BCUT2D eigenvalue weighted by molar-refractivity contribution is -0.0102. The number of anilines is 2. The van der Waals surface area contributed by atoms with E-state index in [0.29, 0.717) is 0 Å². The van der Waals surface area contributed by atoms with Crippen molar-refractivity contribution in [2.75, 3.05) is 29.6 Å². The molecule has 2 aromatic rings. The molecule has 2 amide bonds. The molecule has 1 saturated heterocycles. The van der Waals surface area contributed by atoms with Crippen LogP contribution in [-0.2, 0) is 9.73 Å². The van der Waals surface area contributed by atoms with Crippen molar-refractivity contribution < 1.29 is 27.7 Å². The van der Waals surface area contributed by atoms with Gasteiger partial charge in [0.05, 0.1) is 20.3 Å². The molecule has 9 nitrogen and oxygen atoms in total. The number of carbonyl (C=O) groups is 2. The number of alkyl halides is 2. The molecule has 2 N–H and O–H groups in total. The van der Waals surface area contributed by atoms with E-state index in [4.69, 9.17) is 16.7 Å². The first-order chi connectivity index (χ1) is 16.3. The van der Waals surface area contributed by atoms with Crippen molar-refractivity contribution in [2.45, 2.75) is 37.0 Å². The minimum atomic E-state index is -3.27. The molecule has 1 atom stereocenters. The van der Waals surface area contributed by atoms with Crippen LogP contribution < -0.4 is 10.2 Å². The normalized spacial score (nSPS) is 17.0. The summed E-state index contributed by atoms with van der Waals surface area (Å²) in [4.78, 5) is 30.1. The number of nitrogens with zero attached hydrogens (tertiary/aromatic N) is 4. The number of carboxylic acid groups (broad SMARTS) is 1. The lowest BCUT2D eigenvalue weighted by atomic mass is 10.1. The maximum absolute atomic E-state index is 13.9. The van der Waals surface area contributed by atoms with Crippen LogP contribution >= 0.6 is 11.6 Å². The van der Waals surface area contributed by atoms with Gasteiger partial charge in [0.1, 0.15) is 11.9 Å². The van der Waals surface area contributed by atoms with E-state index in [1.807, 2.05) is 6.07 Å². The SMILES string of the molecule is Cc1c(Cl)c(C#N)nc(N2CCCC(F)(F)CC2)c1C(=O)Nc1cccc(S(C)(=O)=NC(=O)O)c1. The van der Waals surface area contributed by atoms with Crippen LogP contribution in [0.3, 0.4) is 0 Å². The van der Waals surface area contributed by atoms with Crippen LogP contribution in [0, 0.1) is 18.3 Å². The lowest BCUT2D eigenvalue weighted by Gasteiger charge is -2.25. The van der Waals surface area contributed by atoms with Crippen LogP contribution in [0.4, 0.5) is 25.1 Å². The quantitative estimate of drug-likeness (QED) is 0.577. The fourth-order valence-corrected chi connectivity index (χ4v) is 4.98. The number of carbonyl (C=O) groups excluding carboxylic acids is 1. The summed E-state index contributed by atoms with van der Waals surface area (Å²) in [6, 6.07) is 7.57. The fourth-order valence-electron chi connectivity index (χ4n) is 3.72. The molecule has 1 unspecified atom stereocenters. The van der Waals surface area contributed by atoms with E-state index < -0.39 is 34.1 Å². The average Bonchev–Trinajstić information content (AvgIpc) is 2.95. The Hall–Kier alpha value is -3.30. The molecule has 0 bridgehead atoms. The summed E-state index contributed by atoms with van der Waals surface area (Å²) in [5.41, 5.74) is 0.320. The number of hydrogen-bond donors (Lipinski definition) is 2. The van der Waals surface area contributed by atoms with E-state index in [0.717, 1.165) is 6.26 Å². The van der Waals surface area contributed by atoms with Gasteiger partial charge in [-0.3, -0.25) is 4.79 Å². The van der Waals surface area contributed by atoms with Gasteiger partial charge in [0.25, 0.3) is 5.91 Å². The van der Waals surface area contributed by atoms with Gasteiger partial charge in [0.15, 0.2) is 5.69 Å². The van der Waals surface area contributed by atoms with Crippen LogP contribution in [0.15, 0.2) is 33.5 Å². The van der Waals surface area contributed by atoms with Gasteiger partial charge in [-0.25, -0.2) is 22.8 Å². The van der Waals surface area contributed by atoms with Crippen LogP contribution in [0.25, 0.3) is 0 Å². The Morgan fingerprint density at radius 3 is 2.71 bits per heavy atom. The number of aromatic nitrogens is 1. The second kappa shape index (κ2) is 10.1. The minimum absolute atomic E-state index is 0.0112. The average molecular weight is 526 g/mol. The summed E-state index contributed by atoms with van der Waals surface area (Å²) in [7, 11) is -3.27. The summed E-state index contributed by atoms with van der Waals surface area (Å²) < 4.78 is 43.7. The summed E-state index contributed by atoms with van der Waals surface area (Å²) in [5, 5.41) is 20.9. The minimum Gasteiger partial charge on any atom is -0.463 e. The van der Waals surface area contributed by atoms with Crippen LogP contribution in [0.1, 0.15) is 40.9 Å². The second-order valence-electron chi connectivity index (χ2n) is 8.06. The van der Waals surface area contributed by atoms with Crippen molar-refractivity contribution >= 4 is 44.8 Å². The monoisotopic (exact) mass is 525 g/mol. The first-order valence-electron chi connectivity index (χ1n) is 10.4. The highest BCUT2D eigenvalue weighted by atomic mass is 35.5. The van der Waals surface area contributed by atoms with Gasteiger partial charge in [-0.1, -0.05) is 17.7 Å². The summed E-state index contributed by atoms with van der Waals surface area (Å²) in [6.45, 7) is 1.66. The van der Waals surface area contributed by atoms with Gasteiger partial charge in [0, 0.05) is 42.8 Å². The molecule has 1 aromatic carbocycles. The van der Waals surface area contributed by atoms with Crippen LogP contribution in [0.2, 0.25) is 5.02 Å². The molecule has 1 aromatic heterocycles. The van der Waals surface area contributed by atoms with Gasteiger partial charge >= 0.3 is 6.09 Å². The molecule has 0 spiro atoms. The predicted molar refractivity (Wildman–Crippen MR) is 127 cm³/mol. The molecule has 0 aliphatic carbocycles. The molecule has 1 aliphatic rings. The predicted octanol–water partition coefficient (Wildman–Crippen LogP) is 4.93. The highest BCUT2D eigenvalue weighted by Crippen LogP contribution is 2.34. The molecule has 1 fully saturated rings. The lowest BCUT2D eigenvalue weighted by Crippen LogP contribution is -2.30. The van der Waals surface area contributed by atoms with Gasteiger partial charge < -0.3 is 15.3 Å². The zero-order valence-corrected chi connectivity index (χ0v) is 20.4. The van der Waals surface area contributed by atoms with E-state index in [9.17, 15) is 27.8 Å². The number of halogens is 3. The van der Waals surface area contributed by atoms with Crippen molar-refractivity contribution in [1.82, 2.24) is 4.98 Å². The molecule has 35 heavy (non-hydrogen) atoms. The molecule has 0 saturated carbocycles. The Bertz CT molecular complexity index is 1350. The first kappa shape index (κ1) is 26.3. The second-order valence-corrected chi connectivity index (χ2v) is 10.7. The zero-order valence-electron chi connectivity index (χ0n) is 18.8. The standard InChI is InChI=1S/C22H22ClF2N5O4S/c1-13-17(20(31)27-14-5-3-6-15(11-14)35(2,34)29-21(32)33)19(28-16(12-26)18(13)23)30-9-4-7-22(24,25)8-10-30/h3,5-6,11H,4,7-10H2,1-2H3,(H,27,31)(H,32,33). The summed E-state index contributed by atoms with van der Waals surface area (Å²) in [6.07, 6.45) is -0.997. The van der Waals surface area contributed by atoms with E-state index >= 15 is 0 Å². The first-order valence-corrected chi connectivity index (χ1v) is 12.7. The van der Waals surface area contributed by atoms with Gasteiger partial charge in [-0.2, -0.15) is 5.26 Å². The van der Waals surface area contributed by atoms with Gasteiger partial charge in [0.2, 0.25) is 5.92 Å². The molecular weight excluding hydrogens is 504 g/mol. The molecule has 0 radical (unpaired) electrons. The number of nitriles is 1. The maximum Gasteiger partial charge on any atom is 0.439 e. The molecule has 13 heteroatoms. The third-order valence-electron chi connectivity index (χ3n) is 5.49. The maximum atomic E-state index is 13.9. The molecule has 3 rings (SSSR count). The molecule has 1 aliphatic heterocycles. The third kappa shape index (κ3) is 6.04. The van der Waals surface area contributed by atoms with Crippen molar-refractivity contribution in [3.8, 4) is 6.07 Å². The Kier molecular flexibility index (Phi) is 7.62. The Labute approximate surface area is 205 Å². The Balaban J connectivity index is 2.04. The number of benzene rings is 1. The van der Waals surface area contributed by atoms with Crippen molar-refractivity contribution in [3.63, 3.8) is 0 Å². The van der Waals surface area contributed by atoms with E-state index in [2.05, 4.69) is 14.7 Å². The molecular formula is C22H22ClF2N5O4S. The molecule has 186 valence electrons. The Morgan fingerprint density at radius 2 is 2.06 bits per heavy atom. The van der Waals surface area contributed by atoms with Crippen molar-refractivity contribution in [3.05, 3.63) is 46.1 Å². The fraction of sp³-hybridized carbons (Fsp3) is 0.364. The van der Waals surface area contributed by atoms with E-state index in [1.54, 1.807) is 4.90 Å². The number of nitrogens with one attached hydrogen (secondary N) is 1. The smallest absolute Gasteiger partial charge is 0.439 e. The topological polar surface area (TPSA) is 136 Å². The van der Waals surface area contributed by atoms with Crippen LogP contribution in [-0.4, -0.2) is 51.6 Å². The number of rotatable bonds is 4. The third-order valence-corrected chi connectivity index (χ3v) is 7.58. The number of hydrogen-bond acceptors (Lipinski definition) is 6. The summed E-state index contributed by atoms with van der Waals surface area (Å²) >= 11 is 6.26.